The Morgan fingerprint density at radius 2 is 2.31 bits per heavy atom. The molecule has 0 saturated heterocycles. The first-order valence-corrected chi connectivity index (χ1v) is 5.63. The smallest absolute Gasteiger partial charge is 0.276 e. The summed E-state index contributed by atoms with van der Waals surface area (Å²) in [6.07, 6.45) is 1.51. The van der Waals surface area contributed by atoms with E-state index in [0.29, 0.717) is 23.8 Å². The van der Waals surface area contributed by atoms with Crippen LogP contribution in [0.25, 0.3) is 11.6 Å². The molecule has 0 aromatic carbocycles. The number of aliphatic hydroxyl groups is 1. The summed E-state index contributed by atoms with van der Waals surface area (Å²) in [6, 6.07) is 3.60. The number of aliphatic hydroxyl groups excluding tert-OH is 1. The molecule has 0 spiro atoms. The molecule has 0 aliphatic heterocycles. The minimum Gasteiger partial charge on any atom is -0.385 e. The van der Waals surface area contributed by atoms with Crippen LogP contribution in [0.4, 0.5) is 0 Å². The number of aromatic nitrogens is 3. The molecule has 0 saturated carbocycles. The van der Waals surface area contributed by atoms with E-state index in [1.807, 2.05) is 13.0 Å². The van der Waals surface area contributed by atoms with Crippen molar-refractivity contribution in [1.29, 1.82) is 0 Å². The van der Waals surface area contributed by atoms with Crippen LogP contribution in [-0.4, -0.2) is 20.2 Å². The molecule has 0 aliphatic carbocycles. The number of rotatable bonds is 3. The van der Waals surface area contributed by atoms with Gasteiger partial charge in [-0.15, -0.1) is 0 Å². The van der Waals surface area contributed by atoms with Gasteiger partial charge in [-0.1, -0.05) is 12.1 Å². The van der Waals surface area contributed by atoms with Crippen molar-refractivity contribution in [2.75, 3.05) is 0 Å². The zero-order valence-corrected chi connectivity index (χ0v) is 10.2. The van der Waals surface area contributed by atoms with Crippen LogP contribution < -0.4 is 0 Å². The molecule has 1 atom stereocenters. The molecule has 2 rings (SSSR count). The quantitative estimate of drug-likeness (QED) is 0.936. The Morgan fingerprint density at radius 3 is 2.94 bits per heavy atom. The summed E-state index contributed by atoms with van der Waals surface area (Å²) < 4.78 is 5.89. The Morgan fingerprint density at radius 1 is 1.50 bits per heavy atom. The van der Waals surface area contributed by atoms with E-state index in [1.54, 1.807) is 12.3 Å². The van der Waals surface area contributed by atoms with E-state index in [0.717, 1.165) is 4.47 Å². The molecule has 1 unspecified atom stereocenters. The summed E-state index contributed by atoms with van der Waals surface area (Å²) in [4.78, 5) is 8.20. The Bertz CT molecular complexity index is 469. The van der Waals surface area contributed by atoms with Gasteiger partial charge >= 0.3 is 0 Å². The van der Waals surface area contributed by atoms with E-state index in [9.17, 15) is 5.11 Å². The van der Waals surface area contributed by atoms with E-state index in [1.165, 1.54) is 0 Å². The lowest BCUT2D eigenvalue weighted by Gasteiger charge is -1.98. The summed E-state index contributed by atoms with van der Waals surface area (Å²) in [5.41, 5.74) is 0.588. The van der Waals surface area contributed by atoms with Crippen molar-refractivity contribution < 1.29 is 9.63 Å². The Kier molecular flexibility index (Phi) is 3.31. The molecule has 2 heterocycles. The van der Waals surface area contributed by atoms with E-state index < -0.39 is 6.10 Å². The Hall–Kier alpha value is -1.27. The monoisotopic (exact) mass is 283 g/mol. The van der Waals surface area contributed by atoms with Crippen molar-refractivity contribution in [3.63, 3.8) is 0 Å². The fraction of sp³-hybridized carbons (Fsp3) is 0.300. The first kappa shape index (κ1) is 11.2. The first-order chi connectivity index (χ1) is 7.70. The number of nitrogens with zero attached hydrogens (tertiary/aromatic N) is 3. The van der Waals surface area contributed by atoms with Crippen LogP contribution in [0.5, 0.6) is 0 Å². The lowest BCUT2D eigenvalue weighted by atomic mass is 10.3. The third-order valence-electron chi connectivity index (χ3n) is 2.07. The predicted molar refractivity (Wildman–Crippen MR) is 60.5 cm³/mol. The molecule has 6 heteroatoms. The number of pyridine rings is 1. The fourth-order valence-electron chi connectivity index (χ4n) is 1.16. The largest absolute Gasteiger partial charge is 0.385 e. The van der Waals surface area contributed by atoms with Crippen molar-refractivity contribution in [1.82, 2.24) is 15.1 Å². The number of hydrogen-bond acceptors (Lipinski definition) is 5. The third kappa shape index (κ3) is 2.28. The molecular weight excluding hydrogens is 274 g/mol. The van der Waals surface area contributed by atoms with Crippen LogP contribution in [0.1, 0.15) is 25.3 Å². The maximum absolute atomic E-state index is 9.52. The molecule has 16 heavy (non-hydrogen) atoms. The standard InChI is InChI=1S/C10H10BrN3O2/c1-2-8(15)9-13-10(16-14-9)7-4-3-6(11)5-12-7/h3-5,8,15H,2H2,1H3. The van der Waals surface area contributed by atoms with Gasteiger partial charge < -0.3 is 9.63 Å². The lowest BCUT2D eigenvalue weighted by Crippen LogP contribution is -1.97. The van der Waals surface area contributed by atoms with Gasteiger partial charge in [-0.05, 0) is 34.5 Å². The predicted octanol–water partition coefficient (Wildman–Crippen LogP) is 2.34. The van der Waals surface area contributed by atoms with Gasteiger partial charge in [0.25, 0.3) is 5.89 Å². The van der Waals surface area contributed by atoms with Crippen molar-refractivity contribution in [3.8, 4) is 11.6 Å². The van der Waals surface area contributed by atoms with Crippen LogP contribution in [0.2, 0.25) is 0 Å². The Labute approximate surface area is 101 Å². The van der Waals surface area contributed by atoms with E-state index in [4.69, 9.17) is 4.52 Å². The molecule has 0 bridgehead atoms. The molecular formula is C10H10BrN3O2. The van der Waals surface area contributed by atoms with Crippen LogP contribution in [0.15, 0.2) is 27.3 Å². The fourth-order valence-corrected chi connectivity index (χ4v) is 1.39. The number of hydrogen-bond donors (Lipinski definition) is 1. The second-order valence-corrected chi connectivity index (χ2v) is 4.16. The van der Waals surface area contributed by atoms with Gasteiger partial charge in [0.2, 0.25) is 5.82 Å². The van der Waals surface area contributed by atoms with Crippen LogP contribution in [-0.2, 0) is 0 Å². The molecule has 1 N–H and O–H groups in total. The lowest BCUT2D eigenvalue weighted by molar-refractivity contribution is 0.159. The topological polar surface area (TPSA) is 72.0 Å². The van der Waals surface area contributed by atoms with Gasteiger partial charge in [-0.2, -0.15) is 4.98 Å². The van der Waals surface area contributed by atoms with Crippen molar-refractivity contribution in [3.05, 3.63) is 28.6 Å². The number of halogens is 1. The van der Waals surface area contributed by atoms with E-state index in [2.05, 4.69) is 31.1 Å². The molecule has 0 fully saturated rings. The van der Waals surface area contributed by atoms with Crippen molar-refractivity contribution in [2.24, 2.45) is 0 Å². The minimum atomic E-state index is -0.687. The van der Waals surface area contributed by atoms with Gasteiger partial charge in [0.15, 0.2) is 0 Å². The second-order valence-electron chi connectivity index (χ2n) is 3.24. The maximum atomic E-state index is 9.52. The summed E-state index contributed by atoms with van der Waals surface area (Å²) >= 11 is 3.29. The SMILES string of the molecule is CCC(O)c1noc(-c2ccc(Br)cn2)n1. The molecule has 84 valence electrons. The van der Waals surface area contributed by atoms with Gasteiger partial charge in [0.1, 0.15) is 11.8 Å². The molecule has 2 aromatic heterocycles. The molecule has 2 aromatic rings. The first-order valence-electron chi connectivity index (χ1n) is 4.84. The van der Waals surface area contributed by atoms with Crippen LogP contribution in [0.3, 0.4) is 0 Å². The third-order valence-corrected chi connectivity index (χ3v) is 2.54. The summed E-state index contributed by atoms with van der Waals surface area (Å²) in [5, 5.41) is 13.2. The average molecular weight is 284 g/mol. The van der Waals surface area contributed by atoms with Gasteiger partial charge in [0.05, 0.1) is 0 Å². The van der Waals surface area contributed by atoms with Gasteiger partial charge in [0, 0.05) is 10.7 Å². The summed E-state index contributed by atoms with van der Waals surface area (Å²) in [6.45, 7) is 1.85. The highest BCUT2D eigenvalue weighted by molar-refractivity contribution is 9.10. The summed E-state index contributed by atoms with van der Waals surface area (Å²) in [5.74, 6) is 0.609. The van der Waals surface area contributed by atoms with Crippen molar-refractivity contribution >= 4 is 15.9 Å². The summed E-state index contributed by atoms with van der Waals surface area (Å²) in [7, 11) is 0. The molecule has 5 nitrogen and oxygen atoms in total. The maximum Gasteiger partial charge on any atom is 0.276 e. The minimum absolute atomic E-state index is 0.294. The highest BCUT2D eigenvalue weighted by Crippen LogP contribution is 2.19. The van der Waals surface area contributed by atoms with Crippen molar-refractivity contribution in [2.45, 2.75) is 19.4 Å². The van der Waals surface area contributed by atoms with Gasteiger partial charge in [-0.25, -0.2) is 4.98 Å². The van der Waals surface area contributed by atoms with Gasteiger partial charge in [-0.3, -0.25) is 0 Å². The van der Waals surface area contributed by atoms with E-state index >= 15 is 0 Å². The van der Waals surface area contributed by atoms with Crippen LogP contribution >= 0.6 is 15.9 Å². The zero-order valence-electron chi connectivity index (χ0n) is 8.59. The van der Waals surface area contributed by atoms with Crippen LogP contribution in [0, 0.1) is 0 Å². The highest BCUT2D eigenvalue weighted by atomic mass is 79.9. The normalized spacial score (nSPS) is 12.7. The molecule has 0 aliphatic rings. The zero-order chi connectivity index (χ0) is 11.5. The Balaban J connectivity index is 2.28. The molecule has 0 radical (unpaired) electrons. The second kappa shape index (κ2) is 4.71. The average Bonchev–Trinajstić information content (AvgIpc) is 2.78. The molecule has 0 amide bonds. The van der Waals surface area contributed by atoms with E-state index in [-0.39, 0.29) is 0 Å². The highest BCUT2D eigenvalue weighted by Gasteiger charge is 2.15.